The van der Waals surface area contributed by atoms with E-state index in [1.165, 1.54) is 0 Å². The van der Waals surface area contributed by atoms with E-state index in [0.717, 1.165) is 11.0 Å². The fourth-order valence-electron chi connectivity index (χ4n) is 1.58. The minimum Gasteiger partial charge on any atom is -0.477 e. The molecule has 2 heterocycles. The summed E-state index contributed by atoms with van der Waals surface area (Å²) < 4.78 is 1.69. The van der Waals surface area contributed by atoms with E-state index >= 15 is 0 Å². The molecule has 0 aliphatic carbocycles. The van der Waals surface area contributed by atoms with Gasteiger partial charge in [0.1, 0.15) is 11.3 Å². The van der Waals surface area contributed by atoms with Crippen molar-refractivity contribution in [2.75, 3.05) is 0 Å². The Labute approximate surface area is 80.8 Å². The number of hydrogen-bond donors (Lipinski definition) is 1. The summed E-state index contributed by atoms with van der Waals surface area (Å²) in [6.07, 6.45) is 1.67. The van der Waals surface area contributed by atoms with Crippen molar-refractivity contribution in [3.05, 3.63) is 30.1 Å². The molecule has 0 atom stereocenters. The Bertz CT molecular complexity index is 488. The average molecular weight is 190 g/mol. The van der Waals surface area contributed by atoms with Crippen LogP contribution < -0.4 is 0 Å². The molecule has 2 aromatic heterocycles. The zero-order chi connectivity index (χ0) is 10.1. The highest BCUT2D eigenvalue weighted by molar-refractivity contribution is 5.93. The third-order valence-corrected chi connectivity index (χ3v) is 2.19. The molecule has 0 aromatic carbocycles. The minimum absolute atomic E-state index is 0.293. The number of carboxylic acid groups (broad SMARTS) is 1. The Morgan fingerprint density at radius 2 is 2.43 bits per heavy atom. The Kier molecular flexibility index (Phi) is 1.96. The Balaban J connectivity index is 2.78. The van der Waals surface area contributed by atoms with Gasteiger partial charge in [0.25, 0.3) is 0 Å². The van der Waals surface area contributed by atoms with Gasteiger partial charge in [-0.25, -0.2) is 9.78 Å². The number of aromatic carboxylic acids is 1. The van der Waals surface area contributed by atoms with Gasteiger partial charge in [0.05, 0.1) is 0 Å². The van der Waals surface area contributed by atoms with E-state index in [1.807, 2.05) is 13.0 Å². The Hall–Kier alpha value is -1.84. The zero-order valence-electron chi connectivity index (χ0n) is 7.77. The molecule has 1 N–H and O–H groups in total. The molecule has 0 saturated carbocycles. The molecule has 0 aliphatic rings. The summed E-state index contributed by atoms with van der Waals surface area (Å²) in [5.74, 6) is -0.912. The Morgan fingerprint density at radius 1 is 1.64 bits per heavy atom. The number of hydrogen-bond acceptors (Lipinski definition) is 2. The molecule has 0 fully saturated rings. The van der Waals surface area contributed by atoms with Crippen LogP contribution in [0.4, 0.5) is 0 Å². The normalized spacial score (nSPS) is 10.6. The molecule has 0 spiro atoms. The van der Waals surface area contributed by atoms with Crippen molar-refractivity contribution in [1.29, 1.82) is 0 Å². The lowest BCUT2D eigenvalue weighted by Gasteiger charge is -2.01. The van der Waals surface area contributed by atoms with E-state index in [0.29, 0.717) is 12.2 Å². The lowest BCUT2D eigenvalue weighted by Crippen LogP contribution is -2.07. The first-order valence-corrected chi connectivity index (χ1v) is 4.41. The standard InChI is InChI=1S/C10H10N2O2/c1-2-12-8(10(13)14)6-7-4-3-5-11-9(7)12/h3-6H,2H2,1H3,(H,13,14). The first-order chi connectivity index (χ1) is 6.74. The number of pyridine rings is 1. The predicted octanol–water partition coefficient (Wildman–Crippen LogP) is 1.75. The third kappa shape index (κ3) is 1.16. The molecule has 4 heteroatoms. The quantitative estimate of drug-likeness (QED) is 0.784. The maximum atomic E-state index is 10.9. The third-order valence-electron chi connectivity index (χ3n) is 2.19. The van der Waals surface area contributed by atoms with Gasteiger partial charge in [0.15, 0.2) is 0 Å². The summed E-state index contributed by atoms with van der Waals surface area (Å²) >= 11 is 0. The maximum absolute atomic E-state index is 10.9. The lowest BCUT2D eigenvalue weighted by molar-refractivity contribution is 0.0686. The second-order valence-corrected chi connectivity index (χ2v) is 3.00. The number of nitrogens with zero attached hydrogens (tertiary/aromatic N) is 2. The summed E-state index contributed by atoms with van der Waals surface area (Å²) in [7, 11) is 0. The summed E-state index contributed by atoms with van der Waals surface area (Å²) in [6.45, 7) is 2.52. The molecule has 0 aliphatic heterocycles. The smallest absolute Gasteiger partial charge is 0.352 e. The van der Waals surface area contributed by atoms with Crippen LogP contribution in [-0.4, -0.2) is 20.6 Å². The molecule has 2 rings (SSSR count). The highest BCUT2D eigenvalue weighted by atomic mass is 16.4. The molecule has 0 unspecified atom stereocenters. The van der Waals surface area contributed by atoms with Crippen molar-refractivity contribution >= 4 is 17.0 Å². The van der Waals surface area contributed by atoms with Gasteiger partial charge in [-0.3, -0.25) is 0 Å². The second kappa shape index (κ2) is 3.14. The van der Waals surface area contributed by atoms with Crippen molar-refractivity contribution in [3.63, 3.8) is 0 Å². The minimum atomic E-state index is -0.912. The summed E-state index contributed by atoms with van der Waals surface area (Å²) in [6, 6.07) is 5.31. The molecule has 4 nitrogen and oxygen atoms in total. The molecule has 72 valence electrons. The molecular formula is C10H10N2O2. The van der Waals surface area contributed by atoms with Crippen molar-refractivity contribution in [1.82, 2.24) is 9.55 Å². The van der Waals surface area contributed by atoms with E-state index in [1.54, 1.807) is 22.9 Å². The van der Waals surface area contributed by atoms with Crippen molar-refractivity contribution in [2.45, 2.75) is 13.5 Å². The fourth-order valence-corrected chi connectivity index (χ4v) is 1.58. The van der Waals surface area contributed by atoms with Crippen LogP contribution in [-0.2, 0) is 6.54 Å². The van der Waals surface area contributed by atoms with Gasteiger partial charge in [-0.2, -0.15) is 0 Å². The second-order valence-electron chi connectivity index (χ2n) is 3.00. The van der Waals surface area contributed by atoms with Crippen LogP contribution >= 0.6 is 0 Å². The van der Waals surface area contributed by atoms with Crippen molar-refractivity contribution < 1.29 is 9.90 Å². The summed E-state index contributed by atoms with van der Waals surface area (Å²) in [5, 5.41) is 9.82. The van der Waals surface area contributed by atoms with Crippen LogP contribution in [0, 0.1) is 0 Å². The number of aryl methyl sites for hydroxylation is 1. The van der Waals surface area contributed by atoms with E-state index in [-0.39, 0.29) is 0 Å². The van der Waals surface area contributed by atoms with E-state index < -0.39 is 5.97 Å². The number of rotatable bonds is 2. The first kappa shape index (κ1) is 8.74. The van der Waals surface area contributed by atoms with Gasteiger partial charge < -0.3 is 9.67 Å². The lowest BCUT2D eigenvalue weighted by atomic mass is 10.3. The van der Waals surface area contributed by atoms with Crippen LogP contribution in [0.15, 0.2) is 24.4 Å². The SMILES string of the molecule is CCn1c(C(=O)O)cc2cccnc21. The zero-order valence-corrected chi connectivity index (χ0v) is 7.77. The Morgan fingerprint density at radius 3 is 3.07 bits per heavy atom. The van der Waals surface area contributed by atoms with Crippen LogP contribution in [0.1, 0.15) is 17.4 Å². The molecule has 0 amide bonds. The molecule has 0 saturated heterocycles. The number of carboxylic acids is 1. The van der Waals surface area contributed by atoms with Gasteiger partial charge in [-0.05, 0) is 25.1 Å². The van der Waals surface area contributed by atoms with Gasteiger partial charge >= 0.3 is 5.97 Å². The highest BCUT2D eigenvalue weighted by Crippen LogP contribution is 2.17. The first-order valence-electron chi connectivity index (χ1n) is 4.41. The van der Waals surface area contributed by atoms with Gasteiger partial charge in [0, 0.05) is 18.1 Å². The molecular weight excluding hydrogens is 180 g/mol. The monoisotopic (exact) mass is 190 g/mol. The van der Waals surface area contributed by atoms with E-state index in [4.69, 9.17) is 5.11 Å². The average Bonchev–Trinajstić information content (AvgIpc) is 2.56. The van der Waals surface area contributed by atoms with Crippen molar-refractivity contribution in [3.8, 4) is 0 Å². The number of fused-ring (bicyclic) bond motifs is 1. The van der Waals surface area contributed by atoms with Gasteiger partial charge in [-0.15, -0.1) is 0 Å². The van der Waals surface area contributed by atoms with Crippen LogP contribution in [0.2, 0.25) is 0 Å². The van der Waals surface area contributed by atoms with Crippen LogP contribution in [0.25, 0.3) is 11.0 Å². The van der Waals surface area contributed by atoms with Gasteiger partial charge in [0.2, 0.25) is 0 Å². The van der Waals surface area contributed by atoms with Crippen LogP contribution in [0.3, 0.4) is 0 Å². The molecule has 2 aromatic rings. The number of carbonyl (C=O) groups is 1. The predicted molar refractivity (Wildman–Crippen MR) is 52.4 cm³/mol. The van der Waals surface area contributed by atoms with Gasteiger partial charge in [-0.1, -0.05) is 0 Å². The van der Waals surface area contributed by atoms with E-state index in [2.05, 4.69) is 4.98 Å². The summed E-state index contributed by atoms with van der Waals surface area (Å²) in [4.78, 5) is 15.1. The van der Waals surface area contributed by atoms with Crippen molar-refractivity contribution in [2.24, 2.45) is 0 Å². The topological polar surface area (TPSA) is 55.1 Å². The molecule has 14 heavy (non-hydrogen) atoms. The van der Waals surface area contributed by atoms with Crippen LogP contribution in [0.5, 0.6) is 0 Å². The molecule has 0 radical (unpaired) electrons. The molecule has 0 bridgehead atoms. The number of aromatic nitrogens is 2. The maximum Gasteiger partial charge on any atom is 0.352 e. The summed E-state index contributed by atoms with van der Waals surface area (Å²) in [5.41, 5.74) is 1.02. The van der Waals surface area contributed by atoms with E-state index in [9.17, 15) is 4.79 Å². The highest BCUT2D eigenvalue weighted by Gasteiger charge is 2.13. The fraction of sp³-hybridized carbons (Fsp3) is 0.200. The largest absolute Gasteiger partial charge is 0.477 e.